The number of thiocarbonyl (C=S) groups is 1. The van der Waals surface area contributed by atoms with Gasteiger partial charge in [0.2, 0.25) is 0 Å². The van der Waals surface area contributed by atoms with Gasteiger partial charge in [0.15, 0.2) is 11.7 Å². The van der Waals surface area contributed by atoms with Gasteiger partial charge in [0.1, 0.15) is 5.75 Å². The van der Waals surface area contributed by atoms with Gasteiger partial charge in [0.25, 0.3) is 5.91 Å². The Morgan fingerprint density at radius 3 is 2.62 bits per heavy atom. The number of hydrogen-bond donors (Lipinski definition) is 1. The Morgan fingerprint density at radius 1 is 1.25 bits per heavy atom. The highest BCUT2D eigenvalue weighted by atomic mass is 79.9. The molecule has 0 saturated heterocycles. The van der Waals surface area contributed by atoms with Crippen molar-refractivity contribution in [2.75, 3.05) is 13.7 Å². The first kappa shape index (κ1) is 18.4. The number of ether oxygens (including phenoxy) is 1. The second-order valence-corrected chi connectivity index (χ2v) is 6.64. The number of halogens is 1. The van der Waals surface area contributed by atoms with E-state index in [1.54, 1.807) is 0 Å². The summed E-state index contributed by atoms with van der Waals surface area (Å²) in [5.41, 5.74) is 2.17. The number of nitrogens with one attached hydrogen (secondary N) is 1. The highest BCUT2D eigenvalue weighted by molar-refractivity contribution is 9.10. The minimum Gasteiger partial charge on any atom is -0.484 e. The van der Waals surface area contributed by atoms with Crippen LogP contribution in [-0.4, -0.2) is 29.6 Å². The predicted molar refractivity (Wildman–Crippen MR) is 103 cm³/mol. The van der Waals surface area contributed by atoms with Crippen molar-refractivity contribution in [1.29, 1.82) is 0 Å². The number of carbonyl (C=O) groups is 1. The van der Waals surface area contributed by atoms with Crippen molar-refractivity contribution in [3.63, 3.8) is 0 Å². The summed E-state index contributed by atoms with van der Waals surface area (Å²) in [4.78, 5) is 13.8. The van der Waals surface area contributed by atoms with E-state index < -0.39 is 0 Å². The Balaban J connectivity index is 1.80. The van der Waals surface area contributed by atoms with Gasteiger partial charge >= 0.3 is 0 Å². The fourth-order valence-electron chi connectivity index (χ4n) is 2.04. The molecule has 0 aliphatic carbocycles. The summed E-state index contributed by atoms with van der Waals surface area (Å²) in [7, 11) is 1.84. The lowest BCUT2D eigenvalue weighted by Gasteiger charge is -2.20. The van der Waals surface area contributed by atoms with E-state index in [9.17, 15) is 4.79 Å². The molecule has 24 heavy (non-hydrogen) atoms. The molecule has 4 nitrogen and oxygen atoms in total. The van der Waals surface area contributed by atoms with E-state index in [0.717, 1.165) is 15.6 Å². The molecule has 2 aromatic carbocycles. The van der Waals surface area contributed by atoms with Crippen molar-refractivity contribution >= 4 is 39.2 Å². The van der Waals surface area contributed by atoms with E-state index in [1.165, 1.54) is 0 Å². The van der Waals surface area contributed by atoms with Crippen LogP contribution in [0.4, 0.5) is 0 Å². The molecule has 0 saturated carbocycles. The molecule has 0 bridgehead atoms. The Kier molecular flexibility index (Phi) is 6.75. The van der Waals surface area contributed by atoms with E-state index in [4.69, 9.17) is 17.0 Å². The summed E-state index contributed by atoms with van der Waals surface area (Å²) in [6.45, 7) is 2.51. The Labute approximate surface area is 155 Å². The Hall–Kier alpha value is -1.92. The van der Waals surface area contributed by atoms with Gasteiger partial charge in [0.05, 0.1) is 0 Å². The number of benzene rings is 2. The quantitative estimate of drug-likeness (QED) is 0.769. The van der Waals surface area contributed by atoms with Crippen LogP contribution in [0.25, 0.3) is 0 Å². The standard InChI is InChI=1S/C18H19BrN2O2S/c1-13-10-15(8-9-16(13)19)23-12-17(22)20-18(24)21(2)11-14-6-4-3-5-7-14/h3-10H,11-12H2,1-2H3,(H,20,22,24). The molecule has 0 atom stereocenters. The van der Waals surface area contributed by atoms with Gasteiger partial charge in [-0.05, 0) is 48.5 Å². The third-order valence-electron chi connectivity index (χ3n) is 3.35. The molecule has 0 unspecified atom stereocenters. The van der Waals surface area contributed by atoms with E-state index in [0.29, 0.717) is 17.4 Å². The van der Waals surface area contributed by atoms with Crippen LogP contribution in [0.1, 0.15) is 11.1 Å². The second kappa shape index (κ2) is 8.80. The lowest BCUT2D eigenvalue weighted by molar-refractivity contribution is -0.121. The fourth-order valence-corrected chi connectivity index (χ4v) is 2.46. The number of amides is 1. The molecule has 0 fully saturated rings. The van der Waals surface area contributed by atoms with Crippen LogP contribution >= 0.6 is 28.1 Å². The van der Waals surface area contributed by atoms with Gasteiger partial charge in [0, 0.05) is 18.1 Å². The smallest absolute Gasteiger partial charge is 0.264 e. The lowest BCUT2D eigenvalue weighted by Crippen LogP contribution is -2.42. The zero-order valence-corrected chi connectivity index (χ0v) is 16.0. The largest absolute Gasteiger partial charge is 0.484 e. The molecule has 1 N–H and O–H groups in total. The van der Waals surface area contributed by atoms with Crippen LogP contribution < -0.4 is 10.1 Å². The average molecular weight is 407 g/mol. The van der Waals surface area contributed by atoms with Gasteiger partial charge < -0.3 is 15.0 Å². The molecule has 126 valence electrons. The summed E-state index contributed by atoms with van der Waals surface area (Å²) < 4.78 is 6.49. The molecule has 0 spiro atoms. The molecule has 2 rings (SSSR count). The summed E-state index contributed by atoms with van der Waals surface area (Å²) in [5.74, 6) is 0.370. The predicted octanol–water partition coefficient (Wildman–Crippen LogP) is 3.67. The fraction of sp³-hybridized carbons (Fsp3) is 0.222. The van der Waals surface area contributed by atoms with Crippen LogP contribution in [0, 0.1) is 6.92 Å². The SMILES string of the molecule is Cc1cc(OCC(=O)NC(=S)N(C)Cc2ccccc2)ccc1Br. The van der Waals surface area contributed by atoms with E-state index in [-0.39, 0.29) is 12.5 Å². The second-order valence-electron chi connectivity index (χ2n) is 5.39. The normalized spacial score (nSPS) is 10.1. The summed E-state index contributed by atoms with van der Waals surface area (Å²) in [5, 5.41) is 3.05. The molecule has 0 heterocycles. The molecule has 2 aromatic rings. The van der Waals surface area contributed by atoms with Crippen LogP contribution in [0.2, 0.25) is 0 Å². The molecule has 1 amide bonds. The maximum Gasteiger partial charge on any atom is 0.264 e. The third kappa shape index (κ3) is 5.62. The zero-order valence-electron chi connectivity index (χ0n) is 13.6. The van der Waals surface area contributed by atoms with Gasteiger partial charge in [-0.3, -0.25) is 4.79 Å². The van der Waals surface area contributed by atoms with E-state index in [2.05, 4.69) is 21.2 Å². The van der Waals surface area contributed by atoms with E-state index >= 15 is 0 Å². The van der Waals surface area contributed by atoms with Crippen LogP contribution in [0.5, 0.6) is 5.75 Å². The topological polar surface area (TPSA) is 41.6 Å². The molecule has 0 aliphatic rings. The minimum absolute atomic E-state index is 0.0829. The highest BCUT2D eigenvalue weighted by Crippen LogP contribution is 2.21. The van der Waals surface area contributed by atoms with Crippen molar-refractivity contribution in [3.05, 3.63) is 64.1 Å². The minimum atomic E-state index is -0.277. The number of rotatable bonds is 5. The zero-order chi connectivity index (χ0) is 17.5. The molecular weight excluding hydrogens is 388 g/mol. The van der Waals surface area contributed by atoms with Crippen LogP contribution in [-0.2, 0) is 11.3 Å². The molecular formula is C18H19BrN2O2S. The van der Waals surface area contributed by atoms with Gasteiger partial charge in [-0.1, -0.05) is 46.3 Å². The monoisotopic (exact) mass is 406 g/mol. The lowest BCUT2D eigenvalue weighted by atomic mass is 10.2. The Bertz CT molecular complexity index is 722. The summed E-state index contributed by atoms with van der Waals surface area (Å²) in [6, 6.07) is 15.5. The molecule has 6 heteroatoms. The van der Waals surface area contributed by atoms with Crippen molar-refractivity contribution < 1.29 is 9.53 Å². The van der Waals surface area contributed by atoms with Crippen LogP contribution in [0.15, 0.2) is 53.0 Å². The maximum absolute atomic E-state index is 12.0. The first-order valence-corrected chi connectivity index (χ1v) is 8.63. The van der Waals surface area contributed by atoms with Crippen molar-refractivity contribution in [1.82, 2.24) is 10.2 Å². The summed E-state index contributed by atoms with van der Waals surface area (Å²) >= 11 is 8.68. The van der Waals surface area contributed by atoms with E-state index in [1.807, 2.05) is 67.4 Å². The van der Waals surface area contributed by atoms with Crippen LogP contribution in [0.3, 0.4) is 0 Å². The van der Waals surface area contributed by atoms with Crippen molar-refractivity contribution in [2.45, 2.75) is 13.5 Å². The highest BCUT2D eigenvalue weighted by Gasteiger charge is 2.10. The summed E-state index contributed by atoms with van der Waals surface area (Å²) in [6.07, 6.45) is 0. The molecule has 0 radical (unpaired) electrons. The molecule has 0 aromatic heterocycles. The van der Waals surface area contributed by atoms with Gasteiger partial charge in [-0.15, -0.1) is 0 Å². The van der Waals surface area contributed by atoms with Crippen molar-refractivity contribution in [3.8, 4) is 5.75 Å². The van der Waals surface area contributed by atoms with Gasteiger partial charge in [-0.2, -0.15) is 0 Å². The molecule has 0 aliphatic heterocycles. The number of carbonyl (C=O) groups excluding carboxylic acids is 1. The first-order chi connectivity index (χ1) is 11.5. The maximum atomic E-state index is 12.0. The Morgan fingerprint density at radius 2 is 1.96 bits per heavy atom. The van der Waals surface area contributed by atoms with Gasteiger partial charge in [-0.25, -0.2) is 0 Å². The first-order valence-electron chi connectivity index (χ1n) is 7.43. The number of hydrogen-bond acceptors (Lipinski definition) is 3. The number of nitrogens with zero attached hydrogens (tertiary/aromatic N) is 1. The van der Waals surface area contributed by atoms with Crippen molar-refractivity contribution in [2.24, 2.45) is 0 Å². The average Bonchev–Trinajstić information content (AvgIpc) is 2.56. The third-order valence-corrected chi connectivity index (χ3v) is 4.66. The number of aryl methyl sites for hydroxylation is 1.